The highest BCUT2D eigenvalue weighted by Crippen LogP contribution is 2.28. The van der Waals surface area contributed by atoms with Gasteiger partial charge in [0.2, 0.25) is 0 Å². The molecule has 2 aromatic carbocycles. The summed E-state index contributed by atoms with van der Waals surface area (Å²) in [5, 5.41) is 6.04. The number of aryl methyl sites for hydroxylation is 2. The first-order valence-corrected chi connectivity index (χ1v) is 9.47. The van der Waals surface area contributed by atoms with Crippen LogP contribution in [-0.4, -0.2) is 17.5 Å². The lowest BCUT2D eigenvalue weighted by atomic mass is 10.1. The van der Waals surface area contributed by atoms with Crippen LogP contribution in [0.1, 0.15) is 11.1 Å². The van der Waals surface area contributed by atoms with E-state index in [9.17, 15) is 4.79 Å². The number of hydrogen-bond donors (Lipinski definition) is 1. The van der Waals surface area contributed by atoms with Crippen LogP contribution in [-0.2, 0) is 4.79 Å². The number of nitrogens with one attached hydrogen (secondary N) is 1. The maximum Gasteiger partial charge on any atom is 0.264 e. The number of amides is 1. The Hall–Kier alpha value is -2.08. The molecule has 1 heterocycles. The topological polar surface area (TPSA) is 51.2 Å². The minimum absolute atomic E-state index is 0.182. The second kappa shape index (κ2) is 8.08. The quantitative estimate of drug-likeness (QED) is 0.586. The second-order valence-corrected chi connectivity index (χ2v) is 7.45. The summed E-state index contributed by atoms with van der Waals surface area (Å²) in [6.45, 7) is 3.95. The van der Waals surface area contributed by atoms with E-state index in [0.717, 1.165) is 11.3 Å². The van der Waals surface area contributed by atoms with Gasteiger partial charge in [-0.3, -0.25) is 10.1 Å². The zero-order valence-corrected chi connectivity index (χ0v) is 16.5. The molecule has 0 atom stereocenters. The van der Waals surface area contributed by atoms with Gasteiger partial charge in [-0.25, -0.2) is 4.98 Å². The van der Waals surface area contributed by atoms with Gasteiger partial charge in [0.1, 0.15) is 5.75 Å². The fourth-order valence-corrected chi connectivity index (χ4v) is 3.32. The van der Waals surface area contributed by atoms with Gasteiger partial charge in [0, 0.05) is 22.0 Å². The number of thiazole rings is 1. The Kier molecular flexibility index (Phi) is 5.81. The molecule has 0 saturated heterocycles. The maximum atomic E-state index is 12.1. The van der Waals surface area contributed by atoms with Crippen molar-refractivity contribution in [2.75, 3.05) is 11.9 Å². The van der Waals surface area contributed by atoms with Gasteiger partial charge < -0.3 is 4.74 Å². The average molecular weight is 407 g/mol. The number of hydrogen-bond acceptors (Lipinski definition) is 4. The minimum Gasteiger partial charge on any atom is -0.482 e. The Bertz CT molecular complexity index is 956. The number of ether oxygens (including phenoxy) is 1. The van der Waals surface area contributed by atoms with E-state index in [4.69, 9.17) is 27.9 Å². The second-order valence-electron chi connectivity index (χ2n) is 5.75. The molecule has 3 aromatic rings. The molecule has 26 heavy (non-hydrogen) atoms. The lowest BCUT2D eigenvalue weighted by Crippen LogP contribution is -2.20. The Morgan fingerprint density at radius 2 is 1.96 bits per heavy atom. The van der Waals surface area contributed by atoms with E-state index in [2.05, 4.69) is 36.3 Å². The normalized spacial score (nSPS) is 10.6. The number of aromatic nitrogens is 1. The lowest BCUT2D eigenvalue weighted by molar-refractivity contribution is -0.118. The SMILES string of the molecule is Cc1ccc(-c2csc(NC(=O)COc3cc(Cl)ccc3Cl)n2)cc1C. The number of benzene rings is 2. The fourth-order valence-electron chi connectivity index (χ4n) is 2.25. The van der Waals surface area contributed by atoms with Crippen LogP contribution in [0.3, 0.4) is 0 Å². The van der Waals surface area contributed by atoms with Crippen LogP contribution in [0.15, 0.2) is 41.8 Å². The standard InChI is InChI=1S/C19H16Cl2N2O2S/c1-11-3-4-13(7-12(11)2)16-10-26-19(22-16)23-18(24)9-25-17-8-14(20)5-6-15(17)21/h3-8,10H,9H2,1-2H3,(H,22,23,24). The van der Waals surface area contributed by atoms with Crippen LogP contribution in [0.5, 0.6) is 5.75 Å². The number of rotatable bonds is 5. The van der Waals surface area contributed by atoms with Gasteiger partial charge in [-0.05, 0) is 43.2 Å². The van der Waals surface area contributed by atoms with Gasteiger partial charge in [-0.1, -0.05) is 35.3 Å². The van der Waals surface area contributed by atoms with Crippen LogP contribution in [0.4, 0.5) is 5.13 Å². The summed E-state index contributed by atoms with van der Waals surface area (Å²) >= 11 is 13.3. The Morgan fingerprint density at radius 1 is 1.15 bits per heavy atom. The van der Waals surface area contributed by atoms with Crippen molar-refractivity contribution in [3.8, 4) is 17.0 Å². The zero-order valence-electron chi connectivity index (χ0n) is 14.2. The fraction of sp³-hybridized carbons (Fsp3) is 0.158. The summed E-state index contributed by atoms with van der Waals surface area (Å²) < 4.78 is 5.42. The highest BCUT2D eigenvalue weighted by Gasteiger charge is 2.11. The lowest BCUT2D eigenvalue weighted by Gasteiger charge is -2.07. The van der Waals surface area contributed by atoms with Crippen molar-refractivity contribution >= 4 is 45.6 Å². The third-order valence-electron chi connectivity index (χ3n) is 3.81. The Morgan fingerprint density at radius 3 is 2.73 bits per heavy atom. The number of carbonyl (C=O) groups is 1. The molecule has 7 heteroatoms. The van der Waals surface area contributed by atoms with E-state index >= 15 is 0 Å². The number of halogens is 2. The zero-order chi connectivity index (χ0) is 18.7. The van der Waals surface area contributed by atoms with Crippen molar-refractivity contribution in [3.05, 3.63) is 63.0 Å². The van der Waals surface area contributed by atoms with E-state index in [-0.39, 0.29) is 12.5 Å². The van der Waals surface area contributed by atoms with E-state index in [1.54, 1.807) is 18.2 Å². The summed E-state index contributed by atoms with van der Waals surface area (Å²) in [4.78, 5) is 16.5. The van der Waals surface area contributed by atoms with E-state index in [1.807, 2.05) is 11.4 Å². The van der Waals surface area contributed by atoms with Crippen molar-refractivity contribution in [3.63, 3.8) is 0 Å². The summed E-state index contributed by atoms with van der Waals surface area (Å²) in [7, 11) is 0. The van der Waals surface area contributed by atoms with Crippen molar-refractivity contribution < 1.29 is 9.53 Å². The first-order valence-electron chi connectivity index (χ1n) is 7.83. The van der Waals surface area contributed by atoms with Gasteiger partial charge in [-0.2, -0.15) is 0 Å². The van der Waals surface area contributed by atoms with Crippen LogP contribution >= 0.6 is 34.5 Å². The molecule has 0 radical (unpaired) electrons. The molecule has 4 nitrogen and oxygen atoms in total. The Balaban J connectivity index is 1.62. The summed E-state index contributed by atoms with van der Waals surface area (Å²) in [6.07, 6.45) is 0. The number of anilines is 1. The molecule has 1 amide bonds. The Labute approximate surface area is 165 Å². The predicted octanol–water partition coefficient (Wildman–Crippen LogP) is 5.75. The van der Waals surface area contributed by atoms with Crippen LogP contribution in [0.2, 0.25) is 10.0 Å². The number of nitrogens with zero attached hydrogens (tertiary/aromatic N) is 1. The van der Waals surface area contributed by atoms with Gasteiger partial charge in [-0.15, -0.1) is 11.3 Å². The van der Waals surface area contributed by atoms with Crippen molar-refractivity contribution in [2.24, 2.45) is 0 Å². The van der Waals surface area contributed by atoms with Crippen LogP contribution in [0.25, 0.3) is 11.3 Å². The smallest absolute Gasteiger partial charge is 0.264 e. The van der Waals surface area contributed by atoms with Gasteiger partial charge in [0.05, 0.1) is 10.7 Å². The first-order chi connectivity index (χ1) is 12.4. The molecule has 3 rings (SSSR count). The molecule has 0 spiro atoms. The minimum atomic E-state index is -0.318. The average Bonchev–Trinajstić information content (AvgIpc) is 3.06. The monoisotopic (exact) mass is 406 g/mol. The summed E-state index contributed by atoms with van der Waals surface area (Å²) in [5.41, 5.74) is 4.28. The van der Waals surface area contributed by atoms with E-state index < -0.39 is 0 Å². The molecular formula is C19H16Cl2N2O2S. The highest BCUT2D eigenvalue weighted by atomic mass is 35.5. The van der Waals surface area contributed by atoms with Crippen LogP contribution < -0.4 is 10.1 Å². The van der Waals surface area contributed by atoms with Crippen molar-refractivity contribution in [2.45, 2.75) is 13.8 Å². The van der Waals surface area contributed by atoms with Gasteiger partial charge >= 0.3 is 0 Å². The molecule has 1 N–H and O–H groups in total. The third kappa shape index (κ3) is 4.55. The predicted molar refractivity (Wildman–Crippen MR) is 108 cm³/mol. The molecular weight excluding hydrogens is 391 g/mol. The highest BCUT2D eigenvalue weighted by molar-refractivity contribution is 7.14. The molecule has 134 valence electrons. The third-order valence-corrected chi connectivity index (χ3v) is 5.11. The molecule has 0 fully saturated rings. The van der Waals surface area contributed by atoms with Crippen molar-refractivity contribution in [1.29, 1.82) is 0 Å². The maximum absolute atomic E-state index is 12.1. The largest absolute Gasteiger partial charge is 0.482 e. The van der Waals surface area contributed by atoms with Crippen molar-refractivity contribution in [1.82, 2.24) is 4.98 Å². The summed E-state index contributed by atoms with van der Waals surface area (Å²) in [5.74, 6) is 0.0475. The summed E-state index contributed by atoms with van der Waals surface area (Å²) in [6, 6.07) is 11.0. The molecule has 0 aliphatic rings. The molecule has 1 aromatic heterocycles. The molecule has 0 bridgehead atoms. The van der Waals surface area contributed by atoms with Gasteiger partial charge in [0.15, 0.2) is 11.7 Å². The molecule has 0 unspecified atom stereocenters. The molecule has 0 aliphatic carbocycles. The van der Waals surface area contributed by atoms with E-state index in [1.165, 1.54) is 22.5 Å². The van der Waals surface area contributed by atoms with E-state index in [0.29, 0.717) is 20.9 Å². The first kappa shape index (κ1) is 18.7. The van der Waals surface area contributed by atoms with Crippen LogP contribution in [0, 0.1) is 13.8 Å². The number of carbonyl (C=O) groups excluding carboxylic acids is 1. The molecule has 0 aliphatic heterocycles. The molecule has 0 saturated carbocycles. The van der Waals surface area contributed by atoms with Gasteiger partial charge in [0.25, 0.3) is 5.91 Å².